The highest BCUT2D eigenvalue weighted by molar-refractivity contribution is 5.25. The van der Waals surface area contributed by atoms with Gasteiger partial charge in [0.05, 0.1) is 0 Å². The van der Waals surface area contributed by atoms with Crippen LogP contribution in [0.3, 0.4) is 0 Å². The third kappa shape index (κ3) is 4.65. The quantitative estimate of drug-likeness (QED) is 0.824. The standard InChI is InChI=1S/C16H23N3/c1-13-2-4-14(5-3-13)6-8-18-12-15-7-9-19-16(10-15)11-17/h7,9-10,13-14,18H,2-6,8,12H2,1H3. The van der Waals surface area contributed by atoms with Crippen molar-refractivity contribution < 1.29 is 0 Å². The molecule has 0 spiro atoms. The summed E-state index contributed by atoms with van der Waals surface area (Å²) in [6, 6.07) is 5.90. The number of nitrogens with one attached hydrogen (secondary N) is 1. The van der Waals surface area contributed by atoms with Crippen molar-refractivity contribution in [3.8, 4) is 6.07 Å². The van der Waals surface area contributed by atoms with Crippen LogP contribution in [0.2, 0.25) is 0 Å². The molecule has 0 aliphatic heterocycles. The topological polar surface area (TPSA) is 48.7 Å². The summed E-state index contributed by atoms with van der Waals surface area (Å²) in [7, 11) is 0. The summed E-state index contributed by atoms with van der Waals surface area (Å²) in [4.78, 5) is 3.98. The fourth-order valence-electron chi connectivity index (χ4n) is 2.80. The SMILES string of the molecule is CC1CCC(CCNCc2ccnc(C#N)c2)CC1. The van der Waals surface area contributed by atoms with Crippen molar-refractivity contribution >= 4 is 0 Å². The number of pyridine rings is 1. The zero-order valence-electron chi connectivity index (χ0n) is 11.7. The van der Waals surface area contributed by atoms with Gasteiger partial charge in [-0.25, -0.2) is 4.98 Å². The number of hydrogen-bond acceptors (Lipinski definition) is 3. The monoisotopic (exact) mass is 257 g/mol. The van der Waals surface area contributed by atoms with E-state index in [4.69, 9.17) is 5.26 Å². The summed E-state index contributed by atoms with van der Waals surface area (Å²) in [6.07, 6.45) is 8.59. The maximum absolute atomic E-state index is 8.79. The number of hydrogen-bond donors (Lipinski definition) is 1. The summed E-state index contributed by atoms with van der Waals surface area (Å²) in [5.74, 6) is 1.85. The number of rotatable bonds is 5. The average molecular weight is 257 g/mol. The first-order valence-corrected chi connectivity index (χ1v) is 7.33. The Hall–Kier alpha value is -1.40. The molecule has 0 radical (unpaired) electrons. The highest BCUT2D eigenvalue weighted by atomic mass is 14.8. The Balaban J connectivity index is 1.65. The minimum Gasteiger partial charge on any atom is -0.313 e. The normalized spacial score (nSPS) is 22.9. The molecule has 0 amide bonds. The van der Waals surface area contributed by atoms with Crippen molar-refractivity contribution in [2.24, 2.45) is 11.8 Å². The maximum Gasteiger partial charge on any atom is 0.140 e. The van der Waals surface area contributed by atoms with Crippen LogP contribution in [0.1, 0.15) is 50.3 Å². The van der Waals surface area contributed by atoms with Crippen molar-refractivity contribution in [2.45, 2.75) is 45.6 Å². The molecule has 0 unspecified atom stereocenters. The Bertz CT molecular complexity index is 428. The van der Waals surface area contributed by atoms with Gasteiger partial charge in [-0.05, 0) is 42.5 Å². The van der Waals surface area contributed by atoms with Gasteiger partial charge in [0.25, 0.3) is 0 Å². The molecule has 19 heavy (non-hydrogen) atoms. The lowest BCUT2D eigenvalue weighted by atomic mass is 9.81. The highest BCUT2D eigenvalue weighted by Crippen LogP contribution is 2.29. The van der Waals surface area contributed by atoms with Gasteiger partial charge in [-0.1, -0.05) is 32.6 Å². The number of nitriles is 1. The Morgan fingerprint density at radius 2 is 2.16 bits per heavy atom. The predicted molar refractivity (Wildman–Crippen MR) is 76.4 cm³/mol. The lowest BCUT2D eigenvalue weighted by Gasteiger charge is -2.26. The summed E-state index contributed by atoms with van der Waals surface area (Å²) in [6.45, 7) is 4.27. The summed E-state index contributed by atoms with van der Waals surface area (Å²) in [5.41, 5.74) is 1.64. The Kier molecular flexibility index (Phi) is 5.35. The van der Waals surface area contributed by atoms with E-state index in [1.165, 1.54) is 32.1 Å². The molecule has 102 valence electrons. The van der Waals surface area contributed by atoms with Crippen LogP contribution in [0.15, 0.2) is 18.3 Å². The average Bonchev–Trinajstić information content (AvgIpc) is 2.46. The molecule has 0 aromatic carbocycles. The van der Waals surface area contributed by atoms with Gasteiger partial charge in [0.2, 0.25) is 0 Å². The maximum atomic E-state index is 8.79. The van der Waals surface area contributed by atoms with E-state index in [0.717, 1.165) is 30.5 Å². The van der Waals surface area contributed by atoms with E-state index in [1.807, 2.05) is 12.1 Å². The van der Waals surface area contributed by atoms with E-state index in [0.29, 0.717) is 5.69 Å². The molecule has 1 N–H and O–H groups in total. The fourth-order valence-corrected chi connectivity index (χ4v) is 2.80. The molecular formula is C16H23N3. The van der Waals surface area contributed by atoms with Gasteiger partial charge in [0.15, 0.2) is 0 Å². The summed E-state index contributed by atoms with van der Waals surface area (Å²) < 4.78 is 0. The molecule has 1 heterocycles. The molecule has 0 bridgehead atoms. The van der Waals surface area contributed by atoms with Crippen molar-refractivity contribution in [2.75, 3.05) is 6.54 Å². The molecule has 1 aliphatic carbocycles. The molecule has 2 rings (SSSR count). The van der Waals surface area contributed by atoms with Crippen LogP contribution >= 0.6 is 0 Å². The highest BCUT2D eigenvalue weighted by Gasteiger charge is 2.17. The summed E-state index contributed by atoms with van der Waals surface area (Å²) >= 11 is 0. The van der Waals surface area contributed by atoms with Crippen LogP contribution in [0, 0.1) is 23.2 Å². The molecule has 3 nitrogen and oxygen atoms in total. The second kappa shape index (κ2) is 7.25. The zero-order chi connectivity index (χ0) is 13.5. The second-order valence-electron chi connectivity index (χ2n) is 5.75. The molecule has 1 saturated carbocycles. The molecule has 1 fully saturated rings. The Morgan fingerprint density at radius 3 is 2.89 bits per heavy atom. The van der Waals surface area contributed by atoms with E-state index in [9.17, 15) is 0 Å². The van der Waals surface area contributed by atoms with Gasteiger partial charge in [-0.3, -0.25) is 0 Å². The first kappa shape index (κ1) is 14.0. The van der Waals surface area contributed by atoms with E-state index >= 15 is 0 Å². The van der Waals surface area contributed by atoms with Crippen LogP contribution in [0.4, 0.5) is 0 Å². The fraction of sp³-hybridized carbons (Fsp3) is 0.625. The van der Waals surface area contributed by atoms with E-state index in [-0.39, 0.29) is 0 Å². The number of aromatic nitrogens is 1. The van der Waals surface area contributed by atoms with E-state index in [2.05, 4.69) is 23.3 Å². The number of nitrogens with zero attached hydrogens (tertiary/aromatic N) is 2. The minimum atomic E-state index is 0.501. The van der Waals surface area contributed by atoms with Crippen molar-refractivity contribution in [3.05, 3.63) is 29.6 Å². The second-order valence-corrected chi connectivity index (χ2v) is 5.75. The van der Waals surface area contributed by atoms with Crippen LogP contribution < -0.4 is 5.32 Å². The molecule has 1 aliphatic rings. The molecule has 0 atom stereocenters. The third-order valence-electron chi connectivity index (χ3n) is 4.13. The molecule has 0 saturated heterocycles. The first-order valence-electron chi connectivity index (χ1n) is 7.33. The van der Waals surface area contributed by atoms with Gasteiger partial charge in [-0.2, -0.15) is 5.26 Å². The third-order valence-corrected chi connectivity index (χ3v) is 4.13. The first-order chi connectivity index (χ1) is 9.28. The van der Waals surface area contributed by atoms with E-state index < -0.39 is 0 Å². The van der Waals surface area contributed by atoms with Crippen molar-refractivity contribution in [1.82, 2.24) is 10.3 Å². The smallest absolute Gasteiger partial charge is 0.140 e. The largest absolute Gasteiger partial charge is 0.313 e. The lowest BCUT2D eigenvalue weighted by molar-refractivity contribution is 0.275. The van der Waals surface area contributed by atoms with Gasteiger partial charge >= 0.3 is 0 Å². The van der Waals surface area contributed by atoms with Crippen molar-refractivity contribution in [3.63, 3.8) is 0 Å². The van der Waals surface area contributed by atoms with E-state index in [1.54, 1.807) is 6.20 Å². The van der Waals surface area contributed by atoms with Crippen LogP contribution in [-0.4, -0.2) is 11.5 Å². The minimum absolute atomic E-state index is 0.501. The molecular weight excluding hydrogens is 234 g/mol. The zero-order valence-corrected chi connectivity index (χ0v) is 11.7. The Morgan fingerprint density at radius 1 is 1.37 bits per heavy atom. The Labute approximate surface area is 116 Å². The van der Waals surface area contributed by atoms with Crippen LogP contribution in [-0.2, 0) is 6.54 Å². The van der Waals surface area contributed by atoms with Crippen LogP contribution in [0.25, 0.3) is 0 Å². The van der Waals surface area contributed by atoms with Crippen LogP contribution in [0.5, 0.6) is 0 Å². The lowest BCUT2D eigenvalue weighted by Crippen LogP contribution is -2.20. The van der Waals surface area contributed by atoms with Gasteiger partial charge < -0.3 is 5.32 Å². The van der Waals surface area contributed by atoms with Gasteiger partial charge in [0, 0.05) is 12.7 Å². The predicted octanol–water partition coefficient (Wildman–Crippen LogP) is 3.26. The van der Waals surface area contributed by atoms with Gasteiger partial charge in [0.1, 0.15) is 11.8 Å². The van der Waals surface area contributed by atoms with Gasteiger partial charge in [-0.15, -0.1) is 0 Å². The summed E-state index contributed by atoms with van der Waals surface area (Å²) in [5, 5.41) is 12.3. The molecule has 3 heteroatoms. The van der Waals surface area contributed by atoms with Crippen molar-refractivity contribution in [1.29, 1.82) is 5.26 Å². The molecule has 1 aromatic rings. The molecule has 1 aromatic heterocycles.